The van der Waals surface area contributed by atoms with E-state index < -0.39 is 0 Å². The molecule has 0 unspecified atom stereocenters. The molecule has 0 bridgehead atoms. The molecule has 16 heavy (non-hydrogen) atoms. The number of aliphatic hydroxyl groups excluding tert-OH is 1. The van der Waals surface area contributed by atoms with Crippen molar-refractivity contribution in [2.75, 3.05) is 11.9 Å². The first-order valence-electron chi connectivity index (χ1n) is 5.88. The summed E-state index contributed by atoms with van der Waals surface area (Å²) in [5.41, 5.74) is 1.05. The molecule has 1 saturated carbocycles. The van der Waals surface area contributed by atoms with Gasteiger partial charge in [-0.2, -0.15) is 0 Å². The minimum atomic E-state index is -0.229. The molecule has 3 heteroatoms. The fraction of sp³-hybridized carbons (Fsp3) is 0.538. The number of rotatable bonds is 2. The Bertz CT molecular complexity index is 336. The second-order valence-corrected chi connectivity index (χ2v) is 4.55. The largest absolute Gasteiger partial charge is 0.508 e. The number of nitrogens with zero attached hydrogens (tertiary/aromatic N) is 1. The van der Waals surface area contributed by atoms with Crippen LogP contribution in [0.3, 0.4) is 0 Å². The van der Waals surface area contributed by atoms with Gasteiger partial charge in [-0.3, -0.25) is 0 Å². The molecule has 2 N–H and O–H groups in total. The smallest absolute Gasteiger partial charge is 0.115 e. The number of benzene rings is 1. The van der Waals surface area contributed by atoms with Gasteiger partial charge in [-0.15, -0.1) is 0 Å². The van der Waals surface area contributed by atoms with E-state index in [0.29, 0.717) is 0 Å². The van der Waals surface area contributed by atoms with Crippen LogP contribution in [0.5, 0.6) is 5.75 Å². The fourth-order valence-electron chi connectivity index (χ4n) is 2.42. The van der Waals surface area contributed by atoms with Crippen molar-refractivity contribution in [2.45, 2.75) is 37.8 Å². The third-order valence-electron chi connectivity index (χ3n) is 3.45. The molecular weight excluding hydrogens is 202 g/mol. The number of anilines is 1. The fourth-order valence-corrected chi connectivity index (χ4v) is 2.42. The molecule has 1 fully saturated rings. The van der Waals surface area contributed by atoms with Gasteiger partial charge in [0.25, 0.3) is 0 Å². The molecule has 0 spiro atoms. The predicted molar refractivity (Wildman–Crippen MR) is 64.8 cm³/mol. The van der Waals surface area contributed by atoms with Crippen molar-refractivity contribution in [3.8, 4) is 5.75 Å². The van der Waals surface area contributed by atoms with Gasteiger partial charge in [0.1, 0.15) is 5.75 Å². The van der Waals surface area contributed by atoms with Gasteiger partial charge < -0.3 is 15.1 Å². The van der Waals surface area contributed by atoms with Gasteiger partial charge >= 0.3 is 0 Å². The van der Waals surface area contributed by atoms with Crippen LogP contribution in [0.1, 0.15) is 25.7 Å². The zero-order valence-electron chi connectivity index (χ0n) is 9.63. The van der Waals surface area contributed by atoms with Crippen molar-refractivity contribution in [2.24, 2.45) is 0 Å². The first-order valence-corrected chi connectivity index (χ1v) is 5.88. The van der Waals surface area contributed by atoms with Gasteiger partial charge in [-0.25, -0.2) is 0 Å². The molecule has 1 aromatic rings. The van der Waals surface area contributed by atoms with E-state index in [-0.39, 0.29) is 17.9 Å². The van der Waals surface area contributed by atoms with Gasteiger partial charge in [0.2, 0.25) is 0 Å². The zero-order chi connectivity index (χ0) is 11.5. The first kappa shape index (κ1) is 11.3. The SMILES string of the molecule is CN(c1ccc(O)cc1)[C@H]1CCCC[C@@H]1O. The van der Waals surface area contributed by atoms with E-state index in [4.69, 9.17) is 0 Å². The van der Waals surface area contributed by atoms with Crippen LogP contribution < -0.4 is 4.90 Å². The van der Waals surface area contributed by atoms with Gasteiger partial charge in [-0.05, 0) is 37.1 Å². The summed E-state index contributed by atoms with van der Waals surface area (Å²) in [7, 11) is 2.01. The van der Waals surface area contributed by atoms with Crippen LogP contribution in [0.25, 0.3) is 0 Å². The number of likely N-dealkylation sites (N-methyl/N-ethyl adjacent to an activating group) is 1. The van der Waals surface area contributed by atoms with Crippen molar-refractivity contribution in [3.63, 3.8) is 0 Å². The van der Waals surface area contributed by atoms with Gasteiger partial charge in [0.05, 0.1) is 12.1 Å². The number of hydrogen-bond donors (Lipinski definition) is 2. The Labute approximate surface area is 96.3 Å². The lowest BCUT2D eigenvalue weighted by atomic mass is 9.91. The molecule has 2 atom stereocenters. The Morgan fingerprint density at radius 2 is 1.75 bits per heavy atom. The summed E-state index contributed by atoms with van der Waals surface area (Å²) in [6, 6.07) is 7.34. The lowest BCUT2D eigenvalue weighted by Crippen LogP contribution is -2.43. The first-order chi connectivity index (χ1) is 7.68. The molecule has 0 amide bonds. The van der Waals surface area contributed by atoms with Crippen molar-refractivity contribution < 1.29 is 10.2 Å². The summed E-state index contributed by atoms with van der Waals surface area (Å²) < 4.78 is 0. The molecule has 0 radical (unpaired) electrons. The maximum Gasteiger partial charge on any atom is 0.115 e. The predicted octanol–water partition coefficient (Wildman–Crippen LogP) is 2.13. The molecule has 1 aromatic carbocycles. The molecule has 1 aliphatic carbocycles. The lowest BCUT2D eigenvalue weighted by molar-refractivity contribution is 0.106. The minimum Gasteiger partial charge on any atom is -0.508 e. The Hall–Kier alpha value is -1.22. The van der Waals surface area contributed by atoms with Crippen molar-refractivity contribution in [3.05, 3.63) is 24.3 Å². The molecule has 88 valence electrons. The highest BCUT2D eigenvalue weighted by Crippen LogP contribution is 2.27. The summed E-state index contributed by atoms with van der Waals surface area (Å²) in [6.45, 7) is 0. The van der Waals surface area contributed by atoms with E-state index >= 15 is 0 Å². The highest BCUT2D eigenvalue weighted by Gasteiger charge is 2.26. The maximum absolute atomic E-state index is 9.96. The van der Waals surface area contributed by atoms with E-state index in [1.807, 2.05) is 19.2 Å². The molecule has 0 aliphatic heterocycles. The Morgan fingerprint density at radius 3 is 2.38 bits per heavy atom. The normalized spacial score (nSPS) is 25.4. The summed E-state index contributed by atoms with van der Waals surface area (Å²) >= 11 is 0. The van der Waals surface area contributed by atoms with Crippen molar-refractivity contribution in [1.29, 1.82) is 0 Å². The van der Waals surface area contributed by atoms with E-state index in [1.165, 1.54) is 6.42 Å². The summed E-state index contributed by atoms with van der Waals surface area (Å²) in [5.74, 6) is 0.279. The molecule has 0 saturated heterocycles. The number of phenolic OH excluding ortho intramolecular Hbond substituents is 1. The number of hydrogen-bond acceptors (Lipinski definition) is 3. The number of aromatic hydroxyl groups is 1. The topological polar surface area (TPSA) is 43.7 Å². The van der Waals surface area contributed by atoms with E-state index in [0.717, 1.165) is 24.9 Å². The summed E-state index contributed by atoms with van der Waals surface area (Å²) in [4.78, 5) is 2.11. The van der Waals surface area contributed by atoms with Crippen LogP contribution in [0.4, 0.5) is 5.69 Å². The van der Waals surface area contributed by atoms with Gasteiger partial charge in [0.15, 0.2) is 0 Å². The van der Waals surface area contributed by atoms with E-state index in [2.05, 4.69) is 4.90 Å². The molecule has 1 aliphatic rings. The van der Waals surface area contributed by atoms with Crippen LogP contribution >= 0.6 is 0 Å². The standard InChI is InChI=1S/C13H19NO2/c1-14(10-6-8-11(15)9-7-10)12-4-2-3-5-13(12)16/h6-9,12-13,15-16H,2-5H2,1H3/t12-,13-/m0/s1. The van der Waals surface area contributed by atoms with Crippen LogP contribution in [-0.2, 0) is 0 Å². The average molecular weight is 221 g/mol. The summed E-state index contributed by atoms with van der Waals surface area (Å²) in [5, 5.41) is 19.2. The van der Waals surface area contributed by atoms with Crippen molar-refractivity contribution >= 4 is 5.69 Å². The number of aliphatic hydroxyl groups is 1. The average Bonchev–Trinajstić information content (AvgIpc) is 2.30. The Balaban J connectivity index is 2.11. The highest BCUT2D eigenvalue weighted by molar-refractivity contribution is 5.49. The second kappa shape index (κ2) is 4.74. The Morgan fingerprint density at radius 1 is 1.12 bits per heavy atom. The van der Waals surface area contributed by atoms with Gasteiger partial charge in [-0.1, -0.05) is 12.8 Å². The van der Waals surface area contributed by atoms with Crippen LogP contribution in [0.15, 0.2) is 24.3 Å². The van der Waals surface area contributed by atoms with E-state index in [9.17, 15) is 10.2 Å². The third-order valence-corrected chi connectivity index (χ3v) is 3.45. The Kier molecular flexibility index (Phi) is 3.34. The highest BCUT2D eigenvalue weighted by atomic mass is 16.3. The zero-order valence-corrected chi connectivity index (χ0v) is 9.63. The summed E-state index contributed by atoms with van der Waals surface area (Å²) in [6.07, 6.45) is 4.02. The molecular formula is C13H19NO2. The van der Waals surface area contributed by atoms with Crippen LogP contribution in [-0.4, -0.2) is 29.4 Å². The van der Waals surface area contributed by atoms with Crippen molar-refractivity contribution in [1.82, 2.24) is 0 Å². The van der Waals surface area contributed by atoms with Crippen LogP contribution in [0, 0.1) is 0 Å². The second-order valence-electron chi connectivity index (χ2n) is 4.55. The van der Waals surface area contributed by atoms with Gasteiger partial charge in [0, 0.05) is 12.7 Å². The molecule has 2 rings (SSSR count). The molecule has 0 aromatic heterocycles. The molecule has 3 nitrogen and oxygen atoms in total. The molecule has 0 heterocycles. The lowest BCUT2D eigenvalue weighted by Gasteiger charge is -2.36. The quantitative estimate of drug-likeness (QED) is 0.804. The minimum absolute atomic E-state index is 0.207. The maximum atomic E-state index is 9.96. The van der Waals surface area contributed by atoms with E-state index in [1.54, 1.807) is 12.1 Å². The third kappa shape index (κ3) is 2.30. The van der Waals surface area contributed by atoms with Crippen LogP contribution in [0.2, 0.25) is 0 Å². The monoisotopic (exact) mass is 221 g/mol. The number of phenols is 1.